The van der Waals surface area contributed by atoms with Gasteiger partial charge in [0.25, 0.3) is 0 Å². The smallest absolute Gasteiger partial charge is 0.0701 e. The number of thioether (sulfide) groups is 1. The molecule has 2 aromatic rings. The van der Waals surface area contributed by atoms with Gasteiger partial charge in [0, 0.05) is 21.1 Å². The van der Waals surface area contributed by atoms with Crippen molar-refractivity contribution in [2.24, 2.45) is 5.84 Å². The Hall–Kier alpha value is -0.330. The van der Waals surface area contributed by atoms with Crippen molar-refractivity contribution in [2.45, 2.75) is 29.0 Å². The van der Waals surface area contributed by atoms with Crippen LogP contribution in [0.4, 0.5) is 0 Å². The minimum Gasteiger partial charge on any atom is -0.271 e. The molecular weight excluding hydrogens is 340 g/mol. The molecule has 1 aliphatic rings. The Bertz CT molecular complexity index is 545. The molecule has 0 radical (unpaired) electrons. The maximum Gasteiger partial charge on any atom is 0.0701 e. The number of hydrogen-bond acceptors (Lipinski definition) is 4. The maximum absolute atomic E-state index is 5.77. The lowest BCUT2D eigenvalue weighted by molar-refractivity contribution is 0.509. The van der Waals surface area contributed by atoms with Crippen LogP contribution in [0.25, 0.3) is 0 Å². The van der Waals surface area contributed by atoms with Crippen molar-refractivity contribution in [1.82, 2.24) is 5.43 Å². The summed E-state index contributed by atoms with van der Waals surface area (Å²) in [5, 5.41) is 0.517. The van der Waals surface area contributed by atoms with Gasteiger partial charge < -0.3 is 0 Å². The summed E-state index contributed by atoms with van der Waals surface area (Å²) in [6.45, 7) is 0. The SMILES string of the molecule is NNC(Cc1ccc(Br)s1)C1Cc2ccccc2S1. The summed E-state index contributed by atoms with van der Waals surface area (Å²) in [7, 11) is 0. The Labute approximate surface area is 129 Å². The molecule has 0 spiro atoms. The highest BCUT2D eigenvalue weighted by molar-refractivity contribution is 9.11. The summed E-state index contributed by atoms with van der Waals surface area (Å²) in [6, 6.07) is 13.2. The zero-order chi connectivity index (χ0) is 13.2. The number of nitrogens with two attached hydrogens (primary N) is 1. The van der Waals surface area contributed by atoms with Crippen LogP contribution in [0.3, 0.4) is 0 Å². The average Bonchev–Trinajstić information content (AvgIpc) is 3.01. The monoisotopic (exact) mass is 354 g/mol. The third kappa shape index (κ3) is 3.06. The predicted molar refractivity (Wildman–Crippen MR) is 86.6 cm³/mol. The predicted octanol–water partition coefficient (Wildman–Crippen LogP) is 3.60. The van der Waals surface area contributed by atoms with Gasteiger partial charge in [0.15, 0.2) is 0 Å². The molecule has 0 aliphatic carbocycles. The molecule has 1 aromatic heterocycles. The van der Waals surface area contributed by atoms with E-state index >= 15 is 0 Å². The van der Waals surface area contributed by atoms with E-state index in [9.17, 15) is 0 Å². The fraction of sp³-hybridized carbons (Fsp3) is 0.286. The van der Waals surface area contributed by atoms with Gasteiger partial charge in [-0.25, -0.2) is 0 Å². The largest absolute Gasteiger partial charge is 0.271 e. The van der Waals surface area contributed by atoms with Crippen LogP contribution < -0.4 is 11.3 Å². The van der Waals surface area contributed by atoms with Crippen LogP contribution in [0.15, 0.2) is 45.1 Å². The topological polar surface area (TPSA) is 38.0 Å². The van der Waals surface area contributed by atoms with Gasteiger partial charge >= 0.3 is 0 Å². The molecule has 0 bridgehead atoms. The normalized spacial score (nSPS) is 19.4. The van der Waals surface area contributed by atoms with Gasteiger partial charge in [0.2, 0.25) is 0 Å². The van der Waals surface area contributed by atoms with Gasteiger partial charge in [-0.3, -0.25) is 11.3 Å². The lowest BCUT2D eigenvalue weighted by Gasteiger charge is -2.21. The third-order valence-electron chi connectivity index (χ3n) is 3.38. The van der Waals surface area contributed by atoms with E-state index in [4.69, 9.17) is 5.84 Å². The molecule has 3 N–H and O–H groups in total. The number of benzene rings is 1. The molecule has 2 unspecified atom stereocenters. The summed E-state index contributed by atoms with van der Waals surface area (Å²) in [5.41, 5.74) is 4.46. The highest BCUT2D eigenvalue weighted by Gasteiger charge is 2.29. The second-order valence-electron chi connectivity index (χ2n) is 4.65. The lowest BCUT2D eigenvalue weighted by atomic mass is 10.0. The van der Waals surface area contributed by atoms with Gasteiger partial charge in [-0.1, -0.05) is 18.2 Å². The van der Waals surface area contributed by atoms with Crippen LogP contribution in [0, 0.1) is 0 Å². The molecule has 19 heavy (non-hydrogen) atoms. The number of hydrogen-bond donors (Lipinski definition) is 2. The molecule has 2 nitrogen and oxygen atoms in total. The molecule has 0 saturated heterocycles. The fourth-order valence-electron chi connectivity index (χ4n) is 2.41. The number of nitrogens with one attached hydrogen (secondary N) is 1. The molecule has 1 aromatic carbocycles. The second-order valence-corrected chi connectivity index (χ2v) is 8.48. The third-order valence-corrected chi connectivity index (χ3v) is 6.48. The van der Waals surface area contributed by atoms with Crippen molar-refractivity contribution in [1.29, 1.82) is 0 Å². The first kappa shape index (κ1) is 13.6. The first-order chi connectivity index (χ1) is 9.26. The number of fused-ring (bicyclic) bond motifs is 1. The van der Waals surface area contributed by atoms with Crippen molar-refractivity contribution in [3.8, 4) is 0 Å². The van der Waals surface area contributed by atoms with Crippen molar-refractivity contribution < 1.29 is 0 Å². The van der Waals surface area contributed by atoms with Gasteiger partial charge in [-0.05, 0) is 52.5 Å². The van der Waals surface area contributed by atoms with E-state index in [1.54, 1.807) is 11.3 Å². The zero-order valence-electron chi connectivity index (χ0n) is 10.3. The van der Waals surface area contributed by atoms with Crippen LogP contribution in [0.5, 0.6) is 0 Å². The number of halogens is 1. The molecule has 3 rings (SSSR count). The number of thiophene rings is 1. The van der Waals surface area contributed by atoms with Crippen LogP contribution in [0.1, 0.15) is 10.4 Å². The standard InChI is InChI=1S/C14H15BrN2S2/c15-14-6-5-10(18-14)8-11(17-16)13-7-9-3-1-2-4-12(9)19-13/h1-6,11,13,17H,7-8,16H2. The van der Waals surface area contributed by atoms with Crippen molar-refractivity contribution in [2.75, 3.05) is 0 Å². The van der Waals surface area contributed by atoms with E-state index in [0.717, 1.165) is 12.8 Å². The molecule has 2 heterocycles. The van der Waals surface area contributed by atoms with E-state index in [0.29, 0.717) is 11.3 Å². The quantitative estimate of drug-likeness (QED) is 0.650. The molecular formula is C14H15BrN2S2. The molecule has 0 fully saturated rings. The van der Waals surface area contributed by atoms with Crippen molar-refractivity contribution in [3.05, 3.63) is 50.6 Å². The van der Waals surface area contributed by atoms with Gasteiger partial charge in [0.05, 0.1) is 3.79 Å². The molecule has 0 amide bonds. The van der Waals surface area contributed by atoms with E-state index in [2.05, 4.69) is 57.8 Å². The molecule has 0 saturated carbocycles. The van der Waals surface area contributed by atoms with E-state index in [1.807, 2.05) is 11.8 Å². The Morgan fingerprint density at radius 1 is 1.32 bits per heavy atom. The Morgan fingerprint density at radius 2 is 2.16 bits per heavy atom. The summed E-state index contributed by atoms with van der Waals surface area (Å²) >= 11 is 7.24. The minimum absolute atomic E-state index is 0.308. The van der Waals surface area contributed by atoms with Gasteiger partial charge in [-0.15, -0.1) is 23.1 Å². The highest BCUT2D eigenvalue weighted by Crippen LogP contribution is 2.39. The summed E-state index contributed by atoms with van der Waals surface area (Å²) in [4.78, 5) is 2.77. The van der Waals surface area contributed by atoms with Gasteiger partial charge in [0.1, 0.15) is 0 Å². The highest BCUT2D eigenvalue weighted by atomic mass is 79.9. The first-order valence-electron chi connectivity index (χ1n) is 6.21. The summed E-state index contributed by atoms with van der Waals surface area (Å²) in [5.74, 6) is 5.77. The Morgan fingerprint density at radius 3 is 2.84 bits per heavy atom. The molecule has 5 heteroatoms. The fourth-order valence-corrected chi connectivity index (χ4v) is 5.34. The minimum atomic E-state index is 0.308. The van der Waals surface area contributed by atoms with E-state index in [-0.39, 0.29) is 0 Å². The summed E-state index contributed by atoms with van der Waals surface area (Å²) in [6.07, 6.45) is 2.08. The lowest BCUT2D eigenvalue weighted by Crippen LogP contribution is -2.43. The van der Waals surface area contributed by atoms with Crippen molar-refractivity contribution in [3.63, 3.8) is 0 Å². The molecule has 1 aliphatic heterocycles. The van der Waals surface area contributed by atoms with Gasteiger partial charge in [-0.2, -0.15) is 0 Å². The Kier molecular flexibility index (Phi) is 4.29. The number of rotatable bonds is 4. The van der Waals surface area contributed by atoms with Crippen LogP contribution >= 0.6 is 39.0 Å². The zero-order valence-corrected chi connectivity index (χ0v) is 13.5. The maximum atomic E-state index is 5.77. The first-order valence-corrected chi connectivity index (χ1v) is 8.70. The van der Waals surface area contributed by atoms with E-state index in [1.165, 1.54) is 19.1 Å². The van der Waals surface area contributed by atoms with Crippen LogP contribution in [-0.2, 0) is 12.8 Å². The van der Waals surface area contributed by atoms with Crippen molar-refractivity contribution >= 4 is 39.0 Å². The Balaban J connectivity index is 1.71. The number of hydrazine groups is 1. The average molecular weight is 355 g/mol. The summed E-state index contributed by atoms with van der Waals surface area (Å²) < 4.78 is 1.18. The molecule has 2 atom stereocenters. The van der Waals surface area contributed by atoms with Crippen LogP contribution in [-0.4, -0.2) is 11.3 Å². The second kappa shape index (κ2) is 5.97. The molecule has 100 valence electrons. The van der Waals surface area contributed by atoms with Crippen LogP contribution in [0.2, 0.25) is 0 Å². The van der Waals surface area contributed by atoms with E-state index < -0.39 is 0 Å².